The summed E-state index contributed by atoms with van der Waals surface area (Å²) in [7, 11) is 0. The van der Waals surface area contributed by atoms with Crippen LogP contribution in [0.4, 0.5) is 0 Å². The van der Waals surface area contributed by atoms with E-state index in [0.717, 1.165) is 11.8 Å². The molecule has 1 rings (SSSR count). The van der Waals surface area contributed by atoms with Gasteiger partial charge in [-0.25, -0.2) is 0 Å². The minimum atomic E-state index is 0.602. The zero-order valence-corrected chi connectivity index (χ0v) is 9.69. The van der Waals surface area contributed by atoms with E-state index in [9.17, 15) is 0 Å². The molecule has 0 aromatic rings. The van der Waals surface area contributed by atoms with Crippen LogP contribution in [0, 0.1) is 17.3 Å². The van der Waals surface area contributed by atoms with Gasteiger partial charge in [0, 0.05) is 0 Å². The zero-order chi connectivity index (χ0) is 10.1. The molecule has 0 aromatic carbocycles. The van der Waals surface area contributed by atoms with Crippen molar-refractivity contribution < 1.29 is 0 Å². The summed E-state index contributed by atoms with van der Waals surface area (Å²) in [4.78, 5) is 0. The molecule has 1 saturated carbocycles. The van der Waals surface area contributed by atoms with E-state index in [2.05, 4.69) is 34.3 Å². The lowest BCUT2D eigenvalue weighted by Gasteiger charge is -2.28. The first-order valence-electron chi connectivity index (χ1n) is 5.63. The highest BCUT2D eigenvalue weighted by Crippen LogP contribution is 2.50. The Labute approximate surface area is 83.4 Å². The first kappa shape index (κ1) is 10.8. The van der Waals surface area contributed by atoms with Crippen LogP contribution in [0.15, 0.2) is 12.2 Å². The molecule has 13 heavy (non-hydrogen) atoms. The van der Waals surface area contributed by atoms with E-state index in [1.807, 2.05) is 0 Å². The largest absolute Gasteiger partial charge is 0.100 e. The average Bonchev–Trinajstić information content (AvgIpc) is 2.27. The Morgan fingerprint density at radius 1 is 1.31 bits per heavy atom. The Hall–Kier alpha value is -0.260. The Morgan fingerprint density at radius 2 is 1.77 bits per heavy atom. The van der Waals surface area contributed by atoms with Crippen LogP contribution in [0.25, 0.3) is 0 Å². The fourth-order valence-electron chi connectivity index (χ4n) is 3.05. The molecule has 0 radical (unpaired) electrons. The average molecular weight is 180 g/mol. The topological polar surface area (TPSA) is 0 Å². The van der Waals surface area contributed by atoms with Gasteiger partial charge in [0.05, 0.1) is 0 Å². The van der Waals surface area contributed by atoms with E-state index in [1.54, 1.807) is 0 Å². The molecule has 0 nitrogen and oxygen atoms in total. The summed E-state index contributed by atoms with van der Waals surface area (Å²) in [6.07, 6.45) is 5.40. The smallest absolute Gasteiger partial charge is 0.0258 e. The third kappa shape index (κ3) is 2.36. The quantitative estimate of drug-likeness (QED) is 0.564. The second-order valence-corrected chi connectivity index (χ2v) is 5.35. The standard InChI is InChI=1S/C13H24/c1-6-13(7-10(2)3)8-11(4)12(5)9-13/h11-12H,2,6-9H2,1,3-5H3/t11-,12?,13?/m0/s1. The first-order chi connectivity index (χ1) is 5.99. The van der Waals surface area contributed by atoms with E-state index >= 15 is 0 Å². The van der Waals surface area contributed by atoms with E-state index < -0.39 is 0 Å². The lowest BCUT2D eigenvalue weighted by molar-refractivity contribution is 0.268. The molecular weight excluding hydrogens is 156 g/mol. The fourth-order valence-corrected chi connectivity index (χ4v) is 3.05. The molecule has 0 aliphatic heterocycles. The maximum Gasteiger partial charge on any atom is -0.0258 e. The van der Waals surface area contributed by atoms with Crippen molar-refractivity contribution in [2.45, 2.75) is 53.4 Å². The van der Waals surface area contributed by atoms with Gasteiger partial charge in [0.15, 0.2) is 0 Å². The molecule has 2 unspecified atom stereocenters. The van der Waals surface area contributed by atoms with Crippen molar-refractivity contribution in [3.8, 4) is 0 Å². The summed E-state index contributed by atoms with van der Waals surface area (Å²) in [5, 5.41) is 0. The summed E-state index contributed by atoms with van der Waals surface area (Å²) < 4.78 is 0. The number of hydrogen-bond acceptors (Lipinski definition) is 0. The van der Waals surface area contributed by atoms with Gasteiger partial charge in [-0.05, 0) is 43.4 Å². The van der Waals surface area contributed by atoms with E-state index in [-0.39, 0.29) is 0 Å². The highest BCUT2D eigenvalue weighted by Gasteiger charge is 2.39. The molecule has 0 N–H and O–H groups in total. The number of hydrogen-bond donors (Lipinski definition) is 0. The van der Waals surface area contributed by atoms with E-state index in [0.29, 0.717) is 5.41 Å². The molecule has 0 aromatic heterocycles. The Bertz CT molecular complexity index is 180. The Kier molecular flexibility index (Phi) is 3.21. The van der Waals surface area contributed by atoms with Crippen LogP contribution < -0.4 is 0 Å². The normalized spacial score (nSPS) is 39.4. The van der Waals surface area contributed by atoms with Gasteiger partial charge in [-0.15, -0.1) is 6.58 Å². The molecular formula is C13H24. The molecule has 0 amide bonds. The molecule has 0 saturated heterocycles. The first-order valence-corrected chi connectivity index (χ1v) is 5.63. The van der Waals surface area contributed by atoms with Gasteiger partial charge in [0.1, 0.15) is 0 Å². The predicted molar refractivity (Wildman–Crippen MR) is 59.7 cm³/mol. The summed E-state index contributed by atoms with van der Waals surface area (Å²) in [5.41, 5.74) is 1.97. The minimum absolute atomic E-state index is 0.602. The zero-order valence-electron chi connectivity index (χ0n) is 9.69. The molecule has 0 heteroatoms. The minimum Gasteiger partial charge on any atom is -0.100 e. The third-order valence-electron chi connectivity index (χ3n) is 3.91. The molecule has 0 spiro atoms. The molecule has 3 atom stereocenters. The van der Waals surface area contributed by atoms with E-state index in [1.165, 1.54) is 31.3 Å². The number of allylic oxidation sites excluding steroid dienone is 1. The Balaban J connectivity index is 2.67. The van der Waals surface area contributed by atoms with Gasteiger partial charge in [-0.3, -0.25) is 0 Å². The number of rotatable bonds is 3. The second-order valence-electron chi connectivity index (χ2n) is 5.35. The lowest BCUT2D eigenvalue weighted by atomic mass is 9.77. The summed E-state index contributed by atoms with van der Waals surface area (Å²) in [6, 6.07) is 0. The molecule has 76 valence electrons. The maximum atomic E-state index is 4.06. The van der Waals surface area contributed by atoms with Crippen molar-refractivity contribution in [3.63, 3.8) is 0 Å². The van der Waals surface area contributed by atoms with E-state index in [4.69, 9.17) is 0 Å². The SMILES string of the molecule is C=C(C)CC1(CC)CC(C)[C@@H](C)C1. The molecule has 0 bridgehead atoms. The Morgan fingerprint density at radius 3 is 2.08 bits per heavy atom. The van der Waals surface area contributed by atoms with Crippen LogP contribution in [0.5, 0.6) is 0 Å². The van der Waals surface area contributed by atoms with Crippen LogP contribution in [-0.4, -0.2) is 0 Å². The van der Waals surface area contributed by atoms with Crippen LogP contribution in [0.3, 0.4) is 0 Å². The van der Waals surface area contributed by atoms with Gasteiger partial charge < -0.3 is 0 Å². The van der Waals surface area contributed by atoms with Gasteiger partial charge in [-0.2, -0.15) is 0 Å². The van der Waals surface area contributed by atoms with Crippen LogP contribution in [0.1, 0.15) is 53.4 Å². The maximum absolute atomic E-state index is 4.06. The van der Waals surface area contributed by atoms with Crippen molar-refractivity contribution in [3.05, 3.63) is 12.2 Å². The molecule has 1 aliphatic rings. The third-order valence-corrected chi connectivity index (χ3v) is 3.91. The fraction of sp³-hybridized carbons (Fsp3) is 0.846. The van der Waals surface area contributed by atoms with Crippen molar-refractivity contribution in [1.82, 2.24) is 0 Å². The molecule has 1 fully saturated rings. The predicted octanol–water partition coefficient (Wildman–Crippen LogP) is 4.42. The highest BCUT2D eigenvalue weighted by molar-refractivity contribution is 5.00. The highest BCUT2D eigenvalue weighted by atomic mass is 14.4. The van der Waals surface area contributed by atoms with Gasteiger partial charge in [-0.1, -0.05) is 32.8 Å². The molecule has 1 aliphatic carbocycles. The van der Waals surface area contributed by atoms with Crippen LogP contribution >= 0.6 is 0 Å². The van der Waals surface area contributed by atoms with Crippen molar-refractivity contribution in [2.75, 3.05) is 0 Å². The van der Waals surface area contributed by atoms with Crippen LogP contribution in [-0.2, 0) is 0 Å². The molecule has 0 heterocycles. The summed E-state index contributed by atoms with van der Waals surface area (Å²) >= 11 is 0. The van der Waals surface area contributed by atoms with Crippen LogP contribution in [0.2, 0.25) is 0 Å². The van der Waals surface area contributed by atoms with Crippen molar-refractivity contribution in [1.29, 1.82) is 0 Å². The van der Waals surface area contributed by atoms with Gasteiger partial charge >= 0.3 is 0 Å². The van der Waals surface area contributed by atoms with Gasteiger partial charge in [0.2, 0.25) is 0 Å². The summed E-state index contributed by atoms with van der Waals surface area (Å²) in [6.45, 7) is 13.4. The van der Waals surface area contributed by atoms with Gasteiger partial charge in [0.25, 0.3) is 0 Å². The van der Waals surface area contributed by atoms with Crippen molar-refractivity contribution >= 4 is 0 Å². The second kappa shape index (κ2) is 3.86. The lowest BCUT2D eigenvalue weighted by Crippen LogP contribution is -2.16. The monoisotopic (exact) mass is 180 g/mol. The van der Waals surface area contributed by atoms with Crippen molar-refractivity contribution in [2.24, 2.45) is 17.3 Å². The summed E-state index contributed by atoms with van der Waals surface area (Å²) in [5.74, 6) is 1.83.